The Labute approximate surface area is 228 Å². The molecule has 0 fully saturated rings. The maximum Gasteiger partial charge on any atom is 0.410 e. The first-order valence-electron chi connectivity index (χ1n) is 12.9. The van der Waals surface area contributed by atoms with Gasteiger partial charge in [-0.25, -0.2) is 14.4 Å². The van der Waals surface area contributed by atoms with Crippen LogP contribution >= 0.6 is 0 Å². The molecule has 2 amide bonds. The predicted octanol–water partition coefficient (Wildman–Crippen LogP) is 4.56. The summed E-state index contributed by atoms with van der Waals surface area (Å²) in [6.07, 6.45) is -1.21. The van der Waals surface area contributed by atoms with Crippen LogP contribution in [-0.2, 0) is 23.8 Å². The molecule has 0 radical (unpaired) electrons. The Morgan fingerprint density at radius 3 is 2.10 bits per heavy atom. The third kappa shape index (κ3) is 8.20. The number of nitrogens with zero attached hydrogens (tertiary/aromatic N) is 1. The second kappa shape index (κ2) is 13.1. The Hall–Kier alpha value is -4.08. The third-order valence-corrected chi connectivity index (χ3v) is 6.32. The van der Waals surface area contributed by atoms with Crippen LogP contribution in [0.25, 0.3) is 11.1 Å². The molecule has 10 nitrogen and oxygen atoms in total. The number of methoxy groups -OCH3 is 1. The quantitative estimate of drug-likeness (QED) is 0.313. The Kier molecular flexibility index (Phi) is 9.92. The van der Waals surface area contributed by atoms with E-state index in [9.17, 15) is 24.3 Å². The van der Waals surface area contributed by atoms with E-state index >= 15 is 0 Å². The molecule has 0 bridgehead atoms. The normalized spacial score (nSPS) is 13.0. The number of hydrogen-bond acceptors (Lipinski definition) is 7. The summed E-state index contributed by atoms with van der Waals surface area (Å²) < 4.78 is 15.5. The van der Waals surface area contributed by atoms with E-state index in [4.69, 9.17) is 9.47 Å². The number of hydrogen-bond donors (Lipinski definition) is 2. The molecule has 0 spiro atoms. The van der Waals surface area contributed by atoms with E-state index in [1.165, 1.54) is 12.0 Å². The number of aliphatic carboxylic acids is 1. The minimum Gasteiger partial charge on any atom is -0.480 e. The van der Waals surface area contributed by atoms with Crippen LogP contribution in [-0.4, -0.2) is 72.6 Å². The average molecular weight is 541 g/mol. The molecule has 2 N–H and O–H groups in total. The van der Waals surface area contributed by atoms with Gasteiger partial charge in [-0.3, -0.25) is 4.79 Å². The number of ether oxygens (including phenoxy) is 3. The lowest BCUT2D eigenvalue weighted by molar-refractivity contribution is -0.141. The lowest BCUT2D eigenvalue weighted by Gasteiger charge is -2.27. The summed E-state index contributed by atoms with van der Waals surface area (Å²) in [5.74, 6) is -1.85. The van der Waals surface area contributed by atoms with Gasteiger partial charge in [-0.1, -0.05) is 48.5 Å². The molecule has 2 aromatic rings. The molecule has 0 saturated heterocycles. The molecule has 0 aliphatic heterocycles. The van der Waals surface area contributed by atoms with E-state index in [1.54, 1.807) is 20.8 Å². The molecule has 0 aromatic heterocycles. The molecule has 2 aromatic carbocycles. The fourth-order valence-electron chi connectivity index (χ4n) is 4.48. The number of benzene rings is 2. The molecule has 3 rings (SSSR count). The first-order chi connectivity index (χ1) is 18.5. The summed E-state index contributed by atoms with van der Waals surface area (Å²) in [5, 5.41) is 12.1. The zero-order valence-corrected chi connectivity index (χ0v) is 22.8. The van der Waals surface area contributed by atoms with Crippen molar-refractivity contribution in [2.75, 3.05) is 26.8 Å². The van der Waals surface area contributed by atoms with Crippen molar-refractivity contribution < 1.29 is 38.5 Å². The molecule has 1 atom stereocenters. The van der Waals surface area contributed by atoms with Gasteiger partial charge in [0.1, 0.15) is 18.2 Å². The summed E-state index contributed by atoms with van der Waals surface area (Å²) >= 11 is 0. The van der Waals surface area contributed by atoms with Gasteiger partial charge < -0.3 is 29.5 Å². The van der Waals surface area contributed by atoms with Gasteiger partial charge >= 0.3 is 24.1 Å². The SMILES string of the molecule is COC(=O)CCN(CCC[C@H](NC(=O)OCC1c2ccccc2-c2ccccc21)C(=O)O)C(=O)OC(C)(C)C. The number of rotatable bonds is 11. The second-order valence-electron chi connectivity index (χ2n) is 10.3. The first-order valence-corrected chi connectivity index (χ1v) is 12.9. The molecule has 0 unspecified atom stereocenters. The van der Waals surface area contributed by atoms with E-state index in [0.717, 1.165) is 22.3 Å². The van der Waals surface area contributed by atoms with Crippen molar-refractivity contribution in [2.45, 2.75) is 57.6 Å². The molecular formula is C29H36N2O8. The number of carbonyl (C=O) groups is 4. The van der Waals surface area contributed by atoms with Gasteiger partial charge in [-0.2, -0.15) is 0 Å². The molecule has 0 heterocycles. The van der Waals surface area contributed by atoms with Crippen molar-refractivity contribution >= 4 is 24.1 Å². The largest absolute Gasteiger partial charge is 0.480 e. The van der Waals surface area contributed by atoms with Gasteiger partial charge in [0.25, 0.3) is 0 Å². The number of alkyl carbamates (subject to hydrolysis) is 1. The van der Waals surface area contributed by atoms with Crippen LogP contribution in [0, 0.1) is 0 Å². The van der Waals surface area contributed by atoms with Crippen LogP contribution in [0.3, 0.4) is 0 Å². The van der Waals surface area contributed by atoms with E-state index in [-0.39, 0.29) is 44.9 Å². The van der Waals surface area contributed by atoms with Crippen molar-refractivity contribution in [3.63, 3.8) is 0 Å². The fraction of sp³-hybridized carbons (Fsp3) is 0.448. The molecule has 210 valence electrons. The van der Waals surface area contributed by atoms with Crippen LogP contribution in [0.4, 0.5) is 9.59 Å². The van der Waals surface area contributed by atoms with E-state index in [2.05, 4.69) is 10.1 Å². The highest BCUT2D eigenvalue weighted by atomic mass is 16.6. The lowest BCUT2D eigenvalue weighted by Crippen LogP contribution is -2.43. The van der Waals surface area contributed by atoms with Gasteiger partial charge in [0.15, 0.2) is 0 Å². The van der Waals surface area contributed by atoms with Gasteiger partial charge in [0.2, 0.25) is 0 Å². The predicted molar refractivity (Wildman–Crippen MR) is 143 cm³/mol. The fourth-order valence-corrected chi connectivity index (χ4v) is 4.48. The topological polar surface area (TPSA) is 131 Å². The highest BCUT2D eigenvalue weighted by Gasteiger charge is 2.30. The van der Waals surface area contributed by atoms with Crippen LogP contribution in [0.2, 0.25) is 0 Å². The van der Waals surface area contributed by atoms with Crippen LogP contribution in [0.5, 0.6) is 0 Å². The molecule has 10 heteroatoms. The van der Waals surface area contributed by atoms with Gasteiger partial charge in [-0.15, -0.1) is 0 Å². The maximum absolute atomic E-state index is 12.6. The van der Waals surface area contributed by atoms with Crippen LogP contribution in [0.15, 0.2) is 48.5 Å². The standard InChI is InChI=1S/C29H36N2O8/c1-29(2,3)39-28(36)31(17-15-25(32)37-4)16-9-14-24(26(33)34)30-27(35)38-18-23-21-12-7-5-10-19(21)20-11-6-8-13-22(20)23/h5-8,10-13,23-24H,9,14-18H2,1-4H3,(H,30,35)(H,33,34)/t24-/m0/s1. The minimum absolute atomic E-state index is 0.0316. The molecular weight excluding hydrogens is 504 g/mol. The van der Waals surface area contributed by atoms with Gasteiger partial charge in [0.05, 0.1) is 13.5 Å². The van der Waals surface area contributed by atoms with E-state index in [0.29, 0.717) is 0 Å². The number of carboxylic acids is 1. The van der Waals surface area contributed by atoms with E-state index < -0.39 is 35.8 Å². The average Bonchev–Trinajstić information content (AvgIpc) is 3.21. The van der Waals surface area contributed by atoms with Crippen molar-refractivity contribution in [1.29, 1.82) is 0 Å². The van der Waals surface area contributed by atoms with Crippen molar-refractivity contribution in [2.24, 2.45) is 0 Å². The lowest BCUT2D eigenvalue weighted by atomic mass is 9.98. The summed E-state index contributed by atoms with van der Waals surface area (Å²) in [5.41, 5.74) is 3.54. The molecule has 1 aliphatic carbocycles. The Morgan fingerprint density at radius 1 is 0.974 bits per heavy atom. The first kappa shape index (κ1) is 29.5. The van der Waals surface area contributed by atoms with Crippen molar-refractivity contribution in [3.8, 4) is 11.1 Å². The number of esters is 1. The number of nitrogens with one attached hydrogen (secondary N) is 1. The Balaban J connectivity index is 1.56. The Bertz CT molecular complexity index is 1140. The Morgan fingerprint density at radius 2 is 1.56 bits per heavy atom. The third-order valence-electron chi connectivity index (χ3n) is 6.32. The number of fused-ring (bicyclic) bond motifs is 3. The van der Waals surface area contributed by atoms with Crippen molar-refractivity contribution in [3.05, 3.63) is 59.7 Å². The maximum atomic E-state index is 12.6. The van der Waals surface area contributed by atoms with E-state index in [1.807, 2.05) is 48.5 Å². The zero-order chi connectivity index (χ0) is 28.6. The summed E-state index contributed by atoms with van der Waals surface area (Å²) in [6, 6.07) is 14.6. The minimum atomic E-state index is -1.22. The monoisotopic (exact) mass is 540 g/mol. The summed E-state index contributed by atoms with van der Waals surface area (Å²) in [4.78, 5) is 49.9. The summed E-state index contributed by atoms with van der Waals surface area (Å²) in [7, 11) is 1.26. The number of carbonyl (C=O) groups excluding carboxylic acids is 3. The molecule has 1 aliphatic rings. The second-order valence-corrected chi connectivity index (χ2v) is 10.3. The summed E-state index contributed by atoms with van der Waals surface area (Å²) in [6.45, 7) is 5.42. The molecule has 39 heavy (non-hydrogen) atoms. The van der Waals surface area contributed by atoms with Crippen molar-refractivity contribution in [1.82, 2.24) is 10.2 Å². The number of carboxylic acid groups (broad SMARTS) is 1. The zero-order valence-electron chi connectivity index (χ0n) is 22.8. The van der Waals surface area contributed by atoms with Gasteiger partial charge in [0, 0.05) is 19.0 Å². The smallest absolute Gasteiger partial charge is 0.410 e. The van der Waals surface area contributed by atoms with Crippen LogP contribution in [0.1, 0.15) is 57.1 Å². The van der Waals surface area contributed by atoms with Crippen LogP contribution < -0.4 is 5.32 Å². The molecule has 0 saturated carbocycles. The van der Waals surface area contributed by atoms with Gasteiger partial charge in [-0.05, 0) is 55.9 Å². The highest BCUT2D eigenvalue weighted by Crippen LogP contribution is 2.44. The highest BCUT2D eigenvalue weighted by molar-refractivity contribution is 5.81. The number of amides is 2.